The first-order valence-corrected chi connectivity index (χ1v) is 4.63. The molecule has 1 rings (SSSR count). The summed E-state index contributed by atoms with van der Waals surface area (Å²) in [6.07, 6.45) is 0.462. The maximum absolute atomic E-state index is 12.5. The maximum atomic E-state index is 12.5. The molecule has 0 saturated heterocycles. The molecule has 4 heteroatoms. The average molecular weight is 206 g/mol. The molecular formula is C11H11FN2O. The Labute approximate surface area is 87.5 Å². The fraction of sp³-hybridized carbons (Fsp3) is 0.273. The van der Waals surface area contributed by atoms with Crippen LogP contribution in [0.1, 0.15) is 13.3 Å². The van der Waals surface area contributed by atoms with Crippen molar-refractivity contribution in [1.29, 1.82) is 5.26 Å². The van der Waals surface area contributed by atoms with E-state index in [1.807, 2.05) is 6.07 Å². The van der Waals surface area contributed by atoms with Crippen molar-refractivity contribution in [2.75, 3.05) is 5.32 Å². The highest BCUT2D eigenvalue weighted by atomic mass is 19.1. The molecule has 0 aliphatic carbocycles. The van der Waals surface area contributed by atoms with E-state index >= 15 is 0 Å². The third kappa shape index (κ3) is 3.06. The van der Waals surface area contributed by atoms with Crippen molar-refractivity contribution in [3.63, 3.8) is 0 Å². The van der Waals surface area contributed by atoms with E-state index in [1.54, 1.807) is 6.92 Å². The number of halogens is 1. The Morgan fingerprint density at radius 2 is 2.13 bits per heavy atom. The summed E-state index contributed by atoms with van der Waals surface area (Å²) in [7, 11) is 0. The molecule has 1 N–H and O–H groups in total. The summed E-state index contributed by atoms with van der Waals surface area (Å²) < 4.78 is 12.5. The van der Waals surface area contributed by atoms with Crippen molar-refractivity contribution in [2.45, 2.75) is 13.3 Å². The lowest BCUT2D eigenvalue weighted by atomic mass is 10.1. The first kappa shape index (κ1) is 11.2. The zero-order valence-electron chi connectivity index (χ0n) is 8.33. The van der Waals surface area contributed by atoms with Crippen LogP contribution in [0.3, 0.4) is 0 Å². The van der Waals surface area contributed by atoms with Crippen LogP contribution in [0.5, 0.6) is 0 Å². The predicted octanol–water partition coefficient (Wildman–Crippen LogP) is 2.31. The summed E-state index contributed by atoms with van der Waals surface area (Å²) in [6.45, 7) is 1.76. The van der Waals surface area contributed by atoms with Crippen LogP contribution < -0.4 is 5.32 Å². The zero-order valence-corrected chi connectivity index (χ0v) is 8.33. The van der Waals surface area contributed by atoms with Crippen LogP contribution in [0.25, 0.3) is 0 Å². The van der Waals surface area contributed by atoms with Gasteiger partial charge in [-0.3, -0.25) is 4.79 Å². The van der Waals surface area contributed by atoms with Gasteiger partial charge in [0.25, 0.3) is 0 Å². The normalized spacial score (nSPS) is 11.5. The highest BCUT2D eigenvalue weighted by Crippen LogP contribution is 2.11. The summed E-state index contributed by atoms with van der Waals surface area (Å²) in [4.78, 5) is 11.4. The van der Waals surface area contributed by atoms with Gasteiger partial charge in [-0.1, -0.05) is 6.92 Å². The van der Waals surface area contributed by atoms with Crippen LogP contribution in [0.2, 0.25) is 0 Å². The fourth-order valence-corrected chi connectivity index (χ4v) is 1.10. The third-order valence-corrected chi connectivity index (χ3v) is 1.99. The van der Waals surface area contributed by atoms with Gasteiger partial charge in [-0.05, 0) is 30.7 Å². The molecule has 0 aliphatic rings. The largest absolute Gasteiger partial charge is 0.325 e. The number of carbonyl (C=O) groups excluding carboxylic acids is 1. The summed E-state index contributed by atoms with van der Waals surface area (Å²) in [5, 5.41) is 11.2. The maximum Gasteiger partial charge on any atom is 0.241 e. The molecule has 78 valence electrons. The van der Waals surface area contributed by atoms with Gasteiger partial charge in [0.2, 0.25) is 5.91 Å². The molecule has 15 heavy (non-hydrogen) atoms. The highest BCUT2D eigenvalue weighted by molar-refractivity contribution is 5.93. The number of hydrogen-bond donors (Lipinski definition) is 1. The summed E-state index contributed by atoms with van der Waals surface area (Å²) >= 11 is 0. The average Bonchev–Trinajstić information content (AvgIpc) is 2.23. The molecule has 1 unspecified atom stereocenters. The summed E-state index contributed by atoms with van der Waals surface area (Å²) in [5.74, 6) is -1.37. The second kappa shape index (κ2) is 5.11. The van der Waals surface area contributed by atoms with Gasteiger partial charge in [0.05, 0.1) is 6.07 Å². The Hall–Kier alpha value is -1.89. The van der Waals surface area contributed by atoms with E-state index in [4.69, 9.17) is 5.26 Å². The van der Waals surface area contributed by atoms with Gasteiger partial charge in [-0.2, -0.15) is 5.26 Å². The van der Waals surface area contributed by atoms with Gasteiger partial charge >= 0.3 is 0 Å². The van der Waals surface area contributed by atoms with Gasteiger partial charge < -0.3 is 5.32 Å². The van der Waals surface area contributed by atoms with Crippen LogP contribution >= 0.6 is 0 Å². The SMILES string of the molecule is CCC(C#N)C(=O)Nc1ccc(F)cc1. The number of nitrogens with one attached hydrogen (secondary N) is 1. The monoisotopic (exact) mass is 206 g/mol. The minimum atomic E-state index is -0.657. The molecule has 3 nitrogen and oxygen atoms in total. The number of hydrogen-bond acceptors (Lipinski definition) is 2. The van der Waals surface area contributed by atoms with Crippen LogP contribution in [-0.4, -0.2) is 5.91 Å². The van der Waals surface area contributed by atoms with Crippen LogP contribution in [0.15, 0.2) is 24.3 Å². The van der Waals surface area contributed by atoms with Gasteiger partial charge in [-0.15, -0.1) is 0 Å². The van der Waals surface area contributed by atoms with Gasteiger partial charge in [0, 0.05) is 5.69 Å². The van der Waals surface area contributed by atoms with Crippen molar-refractivity contribution in [3.8, 4) is 6.07 Å². The number of benzene rings is 1. The molecule has 0 bridgehead atoms. The first-order valence-electron chi connectivity index (χ1n) is 4.63. The molecular weight excluding hydrogens is 195 g/mol. The number of anilines is 1. The summed E-state index contributed by atoms with van der Waals surface area (Å²) in [5.41, 5.74) is 0.495. The molecule has 1 aromatic rings. The van der Waals surface area contributed by atoms with E-state index in [9.17, 15) is 9.18 Å². The Morgan fingerprint density at radius 1 is 1.53 bits per heavy atom. The standard InChI is InChI=1S/C11H11FN2O/c1-2-8(7-13)11(15)14-10-5-3-9(12)4-6-10/h3-6,8H,2H2,1H3,(H,14,15). The smallest absolute Gasteiger partial charge is 0.241 e. The molecule has 0 aromatic heterocycles. The lowest BCUT2D eigenvalue weighted by Crippen LogP contribution is -2.20. The van der Waals surface area contributed by atoms with Crippen LogP contribution in [-0.2, 0) is 4.79 Å². The topological polar surface area (TPSA) is 52.9 Å². The van der Waals surface area contributed by atoms with Gasteiger partial charge in [-0.25, -0.2) is 4.39 Å². The van der Waals surface area contributed by atoms with Crippen LogP contribution in [0, 0.1) is 23.1 Å². The van der Waals surface area contributed by atoms with Crippen molar-refractivity contribution < 1.29 is 9.18 Å². The number of nitriles is 1. The Kier molecular flexibility index (Phi) is 3.81. The molecule has 0 radical (unpaired) electrons. The molecule has 0 saturated carbocycles. The third-order valence-electron chi connectivity index (χ3n) is 1.99. The number of amides is 1. The van der Waals surface area contributed by atoms with Crippen molar-refractivity contribution >= 4 is 11.6 Å². The lowest BCUT2D eigenvalue weighted by Gasteiger charge is -2.07. The molecule has 0 heterocycles. The molecule has 1 atom stereocenters. The lowest BCUT2D eigenvalue weighted by molar-refractivity contribution is -0.118. The van der Waals surface area contributed by atoms with Crippen molar-refractivity contribution in [2.24, 2.45) is 5.92 Å². The Bertz CT molecular complexity index is 381. The number of carbonyl (C=O) groups is 1. The predicted molar refractivity (Wildman–Crippen MR) is 54.4 cm³/mol. The van der Waals surface area contributed by atoms with E-state index in [-0.39, 0.29) is 11.7 Å². The van der Waals surface area contributed by atoms with Crippen molar-refractivity contribution in [1.82, 2.24) is 0 Å². The van der Waals surface area contributed by atoms with Crippen molar-refractivity contribution in [3.05, 3.63) is 30.1 Å². The molecule has 0 aliphatic heterocycles. The van der Waals surface area contributed by atoms with Gasteiger partial charge in [0.1, 0.15) is 11.7 Å². The van der Waals surface area contributed by atoms with E-state index in [1.165, 1.54) is 24.3 Å². The Morgan fingerprint density at radius 3 is 2.60 bits per heavy atom. The quantitative estimate of drug-likeness (QED) is 0.825. The second-order valence-electron chi connectivity index (χ2n) is 3.09. The molecule has 1 amide bonds. The van der Waals surface area contributed by atoms with Gasteiger partial charge in [0.15, 0.2) is 0 Å². The molecule has 0 spiro atoms. The number of nitrogens with zero attached hydrogens (tertiary/aromatic N) is 1. The highest BCUT2D eigenvalue weighted by Gasteiger charge is 2.14. The first-order chi connectivity index (χ1) is 7.17. The van der Waals surface area contributed by atoms with E-state index < -0.39 is 5.92 Å². The zero-order chi connectivity index (χ0) is 11.3. The second-order valence-corrected chi connectivity index (χ2v) is 3.09. The van der Waals surface area contributed by atoms with E-state index in [2.05, 4.69) is 5.32 Å². The summed E-state index contributed by atoms with van der Waals surface area (Å²) in [6, 6.07) is 7.31. The number of rotatable bonds is 3. The minimum absolute atomic E-state index is 0.355. The van der Waals surface area contributed by atoms with E-state index in [0.717, 1.165) is 0 Å². The Balaban J connectivity index is 2.67. The molecule has 1 aromatic carbocycles. The minimum Gasteiger partial charge on any atom is -0.325 e. The molecule has 0 fully saturated rings. The van der Waals surface area contributed by atoms with E-state index in [0.29, 0.717) is 12.1 Å². The fourth-order valence-electron chi connectivity index (χ4n) is 1.10. The van der Waals surface area contributed by atoms with Crippen LogP contribution in [0.4, 0.5) is 10.1 Å².